The lowest BCUT2D eigenvalue weighted by molar-refractivity contribution is 0.0638. The average molecular weight is 508 g/mol. The van der Waals surface area contributed by atoms with Crippen molar-refractivity contribution < 1.29 is 4.79 Å². The molecule has 0 saturated heterocycles. The molecule has 0 aliphatic heterocycles. The number of hydrogen-bond acceptors (Lipinski definition) is 3. The first-order valence-electron chi connectivity index (χ1n) is 11.7. The van der Waals surface area contributed by atoms with Gasteiger partial charge in [-0.15, -0.1) is 0 Å². The van der Waals surface area contributed by atoms with Crippen LogP contribution in [0.25, 0.3) is 10.9 Å². The van der Waals surface area contributed by atoms with Crippen LogP contribution in [-0.2, 0) is 13.1 Å². The summed E-state index contributed by atoms with van der Waals surface area (Å²) in [6.07, 6.45) is 1.34. The molecular formula is C28H27Cl2N3O2. The van der Waals surface area contributed by atoms with Crippen LogP contribution in [0, 0.1) is 0 Å². The monoisotopic (exact) mass is 507 g/mol. The van der Waals surface area contributed by atoms with E-state index in [1.165, 1.54) is 0 Å². The Bertz CT molecular complexity index is 1400. The molecule has 0 aliphatic carbocycles. The van der Waals surface area contributed by atoms with E-state index >= 15 is 0 Å². The maximum absolute atomic E-state index is 13.9. The standard InChI is InChI=1S/C28H27Cl2N3O2/c1-3-16-32-26(31-24-13-9-8-12-21(24)28(32)35)25(4-2)33(18-19-10-6-5-7-11-19)27(34)20-14-15-22(29)23(30)17-20/h5-15,17,25H,3-4,16,18H2,1-2H3. The number of carbonyl (C=O) groups is 1. The fourth-order valence-electron chi connectivity index (χ4n) is 4.32. The summed E-state index contributed by atoms with van der Waals surface area (Å²) in [5.74, 6) is 0.382. The van der Waals surface area contributed by atoms with Gasteiger partial charge >= 0.3 is 0 Å². The molecule has 35 heavy (non-hydrogen) atoms. The van der Waals surface area contributed by atoms with Crippen LogP contribution in [0.15, 0.2) is 77.6 Å². The Hall–Kier alpha value is -3.15. The molecule has 1 unspecified atom stereocenters. The lowest BCUT2D eigenvalue weighted by atomic mass is 10.1. The van der Waals surface area contributed by atoms with Crippen molar-refractivity contribution in [3.05, 3.63) is 110 Å². The van der Waals surface area contributed by atoms with Gasteiger partial charge < -0.3 is 4.90 Å². The Labute approximate surface area is 214 Å². The Morgan fingerprint density at radius 1 is 0.971 bits per heavy atom. The molecule has 5 nitrogen and oxygen atoms in total. The van der Waals surface area contributed by atoms with E-state index in [-0.39, 0.29) is 11.5 Å². The summed E-state index contributed by atoms with van der Waals surface area (Å²) < 4.78 is 1.72. The minimum absolute atomic E-state index is 0.0902. The highest BCUT2D eigenvalue weighted by Crippen LogP contribution is 2.30. The SMILES string of the molecule is CCCn1c(C(CC)N(Cc2ccccc2)C(=O)c2ccc(Cl)c(Cl)c2)nc2ccccc2c1=O. The normalized spacial score (nSPS) is 12.0. The lowest BCUT2D eigenvalue weighted by Crippen LogP contribution is -2.38. The predicted octanol–water partition coefficient (Wildman–Crippen LogP) is 6.91. The van der Waals surface area contributed by atoms with E-state index in [1.807, 2.05) is 62.4 Å². The van der Waals surface area contributed by atoms with Crippen molar-refractivity contribution in [2.75, 3.05) is 0 Å². The number of fused-ring (bicyclic) bond motifs is 1. The number of halogens is 2. The zero-order chi connectivity index (χ0) is 24.9. The van der Waals surface area contributed by atoms with Gasteiger partial charge in [-0.2, -0.15) is 0 Å². The molecule has 0 aliphatic rings. The highest BCUT2D eigenvalue weighted by molar-refractivity contribution is 6.42. The number of rotatable bonds is 8. The summed E-state index contributed by atoms with van der Waals surface area (Å²) in [7, 11) is 0. The molecule has 0 saturated carbocycles. The maximum Gasteiger partial charge on any atom is 0.261 e. The third-order valence-electron chi connectivity index (χ3n) is 6.02. The Balaban J connectivity index is 1.89. The number of nitrogens with zero attached hydrogens (tertiary/aromatic N) is 3. The second-order valence-electron chi connectivity index (χ2n) is 8.42. The molecule has 180 valence electrons. The number of amides is 1. The molecule has 1 atom stereocenters. The Morgan fingerprint density at radius 3 is 2.37 bits per heavy atom. The first-order valence-corrected chi connectivity index (χ1v) is 12.5. The van der Waals surface area contributed by atoms with Crippen LogP contribution in [0.3, 0.4) is 0 Å². The molecule has 0 N–H and O–H groups in total. The second-order valence-corrected chi connectivity index (χ2v) is 9.23. The largest absolute Gasteiger partial charge is 0.324 e. The topological polar surface area (TPSA) is 55.2 Å². The second kappa shape index (κ2) is 11.1. The van der Waals surface area contributed by atoms with Crippen LogP contribution in [0.4, 0.5) is 0 Å². The highest BCUT2D eigenvalue weighted by Gasteiger charge is 2.29. The zero-order valence-electron chi connectivity index (χ0n) is 19.7. The minimum Gasteiger partial charge on any atom is -0.324 e. The Kier molecular flexibility index (Phi) is 7.89. The Morgan fingerprint density at radius 2 is 1.69 bits per heavy atom. The zero-order valence-corrected chi connectivity index (χ0v) is 21.3. The van der Waals surface area contributed by atoms with Gasteiger partial charge in [0, 0.05) is 18.7 Å². The third kappa shape index (κ3) is 5.26. The van der Waals surface area contributed by atoms with Crippen molar-refractivity contribution in [3.63, 3.8) is 0 Å². The molecule has 1 heterocycles. The maximum atomic E-state index is 13.9. The van der Waals surface area contributed by atoms with Crippen LogP contribution in [0.2, 0.25) is 10.0 Å². The van der Waals surface area contributed by atoms with E-state index < -0.39 is 6.04 Å². The van der Waals surface area contributed by atoms with Crippen molar-refractivity contribution in [1.82, 2.24) is 14.5 Å². The van der Waals surface area contributed by atoms with Gasteiger partial charge in [-0.3, -0.25) is 14.2 Å². The molecule has 0 fully saturated rings. The fraction of sp³-hybridized carbons (Fsp3) is 0.250. The quantitative estimate of drug-likeness (QED) is 0.260. The van der Waals surface area contributed by atoms with Gasteiger partial charge in [0.25, 0.3) is 11.5 Å². The van der Waals surface area contributed by atoms with Gasteiger partial charge in [0.2, 0.25) is 0 Å². The van der Waals surface area contributed by atoms with Crippen molar-refractivity contribution >= 4 is 40.0 Å². The first-order chi connectivity index (χ1) is 16.9. The van der Waals surface area contributed by atoms with Gasteiger partial charge in [-0.1, -0.05) is 79.5 Å². The summed E-state index contributed by atoms with van der Waals surface area (Å²) in [6, 6.07) is 21.6. The molecular weight excluding hydrogens is 481 g/mol. The molecule has 0 radical (unpaired) electrons. The van der Waals surface area contributed by atoms with Crippen molar-refractivity contribution in [2.24, 2.45) is 0 Å². The van der Waals surface area contributed by atoms with Crippen LogP contribution in [0.5, 0.6) is 0 Å². The van der Waals surface area contributed by atoms with Crippen LogP contribution < -0.4 is 5.56 Å². The summed E-state index contributed by atoms with van der Waals surface area (Å²) in [5.41, 5.74) is 1.94. The molecule has 0 bridgehead atoms. The summed E-state index contributed by atoms with van der Waals surface area (Å²) in [4.78, 5) is 34.1. The smallest absolute Gasteiger partial charge is 0.261 e. The van der Waals surface area contributed by atoms with Gasteiger partial charge in [0.15, 0.2) is 0 Å². The molecule has 1 amide bonds. The van der Waals surface area contributed by atoms with Crippen LogP contribution in [-0.4, -0.2) is 20.4 Å². The van der Waals surface area contributed by atoms with E-state index in [0.29, 0.717) is 51.8 Å². The number of aromatic nitrogens is 2. The van der Waals surface area contributed by atoms with E-state index in [9.17, 15) is 9.59 Å². The summed E-state index contributed by atoms with van der Waals surface area (Å²) in [6.45, 7) is 4.90. The molecule has 1 aromatic heterocycles. The van der Waals surface area contributed by atoms with Gasteiger partial charge in [0.1, 0.15) is 5.82 Å². The van der Waals surface area contributed by atoms with Gasteiger partial charge in [-0.05, 0) is 48.7 Å². The lowest BCUT2D eigenvalue weighted by Gasteiger charge is -2.32. The van der Waals surface area contributed by atoms with Gasteiger partial charge in [0.05, 0.1) is 27.0 Å². The van der Waals surface area contributed by atoms with E-state index in [4.69, 9.17) is 28.2 Å². The molecule has 4 aromatic rings. The highest BCUT2D eigenvalue weighted by atomic mass is 35.5. The van der Waals surface area contributed by atoms with Crippen molar-refractivity contribution in [3.8, 4) is 0 Å². The number of hydrogen-bond donors (Lipinski definition) is 0. The van der Waals surface area contributed by atoms with Crippen LogP contribution in [0.1, 0.15) is 54.5 Å². The number of benzene rings is 3. The first kappa shape index (κ1) is 25.0. The van der Waals surface area contributed by atoms with Crippen LogP contribution >= 0.6 is 23.2 Å². The van der Waals surface area contributed by atoms with Gasteiger partial charge in [-0.25, -0.2) is 4.98 Å². The number of para-hydroxylation sites is 1. The third-order valence-corrected chi connectivity index (χ3v) is 6.76. The summed E-state index contributed by atoms with van der Waals surface area (Å²) >= 11 is 12.3. The van der Waals surface area contributed by atoms with E-state index in [1.54, 1.807) is 33.7 Å². The molecule has 7 heteroatoms. The molecule has 3 aromatic carbocycles. The molecule has 4 rings (SSSR count). The minimum atomic E-state index is -0.430. The molecule has 0 spiro atoms. The van der Waals surface area contributed by atoms with Crippen molar-refractivity contribution in [1.29, 1.82) is 0 Å². The van der Waals surface area contributed by atoms with E-state index in [0.717, 1.165) is 12.0 Å². The summed E-state index contributed by atoms with van der Waals surface area (Å²) in [5, 5.41) is 1.28. The average Bonchev–Trinajstić information content (AvgIpc) is 2.88. The number of carbonyl (C=O) groups excluding carboxylic acids is 1. The predicted molar refractivity (Wildman–Crippen MR) is 142 cm³/mol. The fourth-order valence-corrected chi connectivity index (χ4v) is 4.62. The van der Waals surface area contributed by atoms with Crippen molar-refractivity contribution in [2.45, 2.75) is 45.8 Å². The van der Waals surface area contributed by atoms with E-state index in [2.05, 4.69) is 0 Å².